The lowest BCUT2D eigenvalue weighted by molar-refractivity contribution is 0.0225. The molecule has 66 heavy (non-hydrogen) atoms. The molecule has 4 aliphatic rings. The van der Waals surface area contributed by atoms with Crippen molar-refractivity contribution in [2.24, 2.45) is 11.5 Å². The third kappa shape index (κ3) is 9.05. The van der Waals surface area contributed by atoms with Gasteiger partial charge in [-0.25, -0.2) is 19.6 Å². The first-order valence-electron chi connectivity index (χ1n) is 23.6. The Kier molecular flexibility index (Phi) is 12.0. The summed E-state index contributed by atoms with van der Waals surface area (Å²) in [7, 11) is 0. The number of hydrogen-bond donors (Lipinski definition) is 4. The van der Waals surface area contributed by atoms with Crippen molar-refractivity contribution < 1.29 is 19.1 Å². The minimum Gasteiger partial charge on any atom is -0.458 e. The fourth-order valence-electron chi connectivity index (χ4n) is 8.67. The number of pyridine rings is 6. The quantitative estimate of drug-likeness (QED) is 0.0847. The van der Waals surface area contributed by atoms with Gasteiger partial charge in [-0.1, -0.05) is 27.7 Å². The largest absolute Gasteiger partial charge is 0.458 e. The van der Waals surface area contributed by atoms with Gasteiger partial charge in [-0.05, 0) is 125 Å². The predicted molar refractivity (Wildman–Crippen MR) is 257 cm³/mol. The Bertz CT molecular complexity index is 2660. The number of cyclic esters (lactones) is 2. The number of anilines is 2. The summed E-state index contributed by atoms with van der Waals surface area (Å²) in [6, 6.07) is 12.7. The molecule has 6 aromatic rings. The topological polar surface area (TPSA) is 206 Å². The zero-order valence-corrected chi connectivity index (χ0v) is 39.4. The molecule has 0 radical (unpaired) electrons. The fourth-order valence-corrected chi connectivity index (χ4v) is 8.67. The summed E-state index contributed by atoms with van der Waals surface area (Å²) in [6.45, 7) is 16.2. The van der Waals surface area contributed by atoms with E-state index in [2.05, 4.69) is 36.6 Å². The number of nitrogens with zero attached hydrogens (tertiary/aromatic N) is 6. The van der Waals surface area contributed by atoms with E-state index in [0.717, 1.165) is 91.3 Å². The number of esters is 2. The maximum atomic E-state index is 12.2. The smallest absolute Gasteiger partial charge is 0.340 e. The van der Waals surface area contributed by atoms with E-state index in [1.807, 2.05) is 90.6 Å². The van der Waals surface area contributed by atoms with Gasteiger partial charge in [0.1, 0.15) is 23.8 Å². The van der Waals surface area contributed by atoms with E-state index in [9.17, 15) is 9.59 Å². The van der Waals surface area contributed by atoms with Crippen LogP contribution in [0.5, 0.6) is 0 Å². The number of ether oxygens (including phenoxy) is 2. The molecule has 6 atom stereocenters. The van der Waals surface area contributed by atoms with Crippen LogP contribution in [0.15, 0.2) is 61.2 Å². The van der Waals surface area contributed by atoms with Gasteiger partial charge < -0.3 is 31.6 Å². The van der Waals surface area contributed by atoms with Crippen LogP contribution < -0.4 is 22.1 Å². The van der Waals surface area contributed by atoms with Gasteiger partial charge in [-0.3, -0.25) is 19.9 Å². The van der Waals surface area contributed by atoms with Crippen LogP contribution in [0.2, 0.25) is 0 Å². The SMILES string of the molecule is CC[C@@](C)(N)c1cnc(NC2CC2)c2cnc(Cc3ccc4c(n3)[C@@H](C)[C@H](C)OC4=O)cc12.CC[C@](C)(N)c1cnc(NC2CC2)c2cnc(Cc3ccc4c(n3)[C@@H](C)[C@H](C)OC4=O)cc12. The van der Waals surface area contributed by atoms with Crippen LogP contribution in [0.25, 0.3) is 21.5 Å². The summed E-state index contributed by atoms with van der Waals surface area (Å²) >= 11 is 0. The molecule has 8 heterocycles. The molecule has 2 aliphatic carbocycles. The van der Waals surface area contributed by atoms with Crippen molar-refractivity contribution in [3.8, 4) is 0 Å². The third-order valence-electron chi connectivity index (χ3n) is 14.2. The number of nitrogens with two attached hydrogens (primary N) is 2. The van der Waals surface area contributed by atoms with Gasteiger partial charge in [0, 0.05) is 106 Å². The minimum absolute atomic E-state index is 0.0541. The summed E-state index contributed by atoms with van der Waals surface area (Å²) in [5.74, 6) is 1.25. The Morgan fingerprint density at radius 1 is 0.576 bits per heavy atom. The second-order valence-electron chi connectivity index (χ2n) is 19.5. The highest BCUT2D eigenvalue weighted by molar-refractivity contribution is 5.96. The van der Waals surface area contributed by atoms with Gasteiger partial charge in [-0.2, -0.15) is 0 Å². The van der Waals surface area contributed by atoms with Crippen LogP contribution >= 0.6 is 0 Å². The molecular formula is C52H62N10O4. The number of rotatable bonds is 12. The molecule has 6 aromatic heterocycles. The van der Waals surface area contributed by atoms with Crippen LogP contribution in [0, 0.1) is 0 Å². The predicted octanol–water partition coefficient (Wildman–Crippen LogP) is 8.87. The van der Waals surface area contributed by atoms with Crippen molar-refractivity contribution in [1.29, 1.82) is 0 Å². The molecule has 0 aromatic carbocycles. The van der Waals surface area contributed by atoms with Crippen LogP contribution in [0.4, 0.5) is 11.6 Å². The monoisotopic (exact) mass is 890 g/mol. The molecule has 344 valence electrons. The van der Waals surface area contributed by atoms with Gasteiger partial charge in [0.15, 0.2) is 0 Å². The summed E-state index contributed by atoms with van der Waals surface area (Å²) in [5.41, 5.74) is 20.7. The molecule has 0 amide bonds. The third-order valence-corrected chi connectivity index (χ3v) is 14.2. The van der Waals surface area contributed by atoms with E-state index in [1.165, 1.54) is 25.7 Å². The van der Waals surface area contributed by atoms with Crippen molar-refractivity contribution in [1.82, 2.24) is 29.9 Å². The zero-order valence-electron chi connectivity index (χ0n) is 39.4. The van der Waals surface area contributed by atoms with Gasteiger partial charge in [-0.15, -0.1) is 0 Å². The first kappa shape index (κ1) is 45.1. The van der Waals surface area contributed by atoms with Gasteiger partial charge in [0.25, 0.3) is 0 Å². The summed E-state index contributed by atoms with van der Waals surface area (Å²) in [6.07, 6.45) is 14.7. The number of nitrogens with one attached hydrogen (secondary N) is 2. The Hall–Kier alpha value is -6.12. The van der Waals surface area contributed by atoms with Crippen molar-refractivity contribution in [2.45, 2.75) is 154 Å². The molecular weight excluding hydrogens is 829 g/mol. The van der Waals surface area contributed by atoms with Crippen LogP contribution in [0.1, 0.15) is 172 Å². The molecule has 2 aliphatic heterocycles. The number of carbonyl (C=O) groups excluding carboxylic acids is 2. The number of hydrogen-bond acceptors (Lipinski definition) is 14. The number of carbonyl (C=O) groups is 2. The number of fused-ring (bicyclic) bond motifs is 4. The molecule has 0 saturated heterocycles. The van der Waals surface area contributed by atoms with E-state index in [-0.39, 0.29) is 36.0 Å². The summed E-state index contributed by atoms with van der Waals surface area (Å²) in [5, 5.41) is 11.2. The highest BCUT2D eigenvalue weighted by atomic mass is 16.5. The van der Waals surface area contributed by atoms with E-state index in [4.69, 9.17) is 50.8 Å². The van der Waals surface area contributed by atoms with Crippen LogP contribution in [0.3, 0.4) is 0 Å². The molecule has 0 unspecified atom stereocenters. The van der Waals surface area contributed by atoms with E-state index in [1.54, 1.807) is 0 Å². The highest BCUT2D eigenvalue weighted by Gasteiger charge is 2.34. The fraction of sp³-hybridized carbons (Fsp3) is 0.462. The first-order valence-corrected chi connectivity index (χ1v) is 23.6. The second kappa shape index (κ2) is 17.6. The second-order valence-corrected chi connectivity index (χ2v) is 19.5. The van der Waals surface area contributed by atoms with Crippen molar-refractivity contribution in [2.75, 3.05) is 10.6 Å². The standard InChI is InChI=1S/2C26H31N5O2/c2*1-5-26(4,27)22-13-29-24(31-16-6-7-16)21-12-28-18(11-20(21)22)10-17-8-9-19-23(30-17)14(2)15(3)33-25(19)32/h2*8-9,11-16H,5-7,10,27H2,1-4H3,(H,29,31)/t14-,15-,26+;14-,15-,26-/m00/s1. The van der Waals surface area contributed by atoms with Gasteiger partial charge in [0.05, 0.1) is 22.5 Å². The van der Waals surface area contributed by atoms with Crippen molar-refractivity contribution >= 4 is 45.1 Å². The van der Waals surface area contributed by atoms with Crippen LogP contribution in [-0.2, 0) is 33.4 Å². The molecule has 2 saturated carbocycles. The lowest BCUT2D eigenvalue weighted by atomic mass is 9.88. The first-order chi connectivity index (χ1) is 31.5. The molecule has 0 bridgehead atoms. The molecule has 0 spiro atoms. The van der Waals surface area contributed by atoms with Crippen LogP contribution in [-0.4, -0.2) is 66.1 Å². The minimum atomic E-state index is -0.488. The summed E-state index contributed by atoms with van der Waals surface area (Å²) < 4.78 is 10.8. The lowest BCUT2D eigenvalue weighted by Crippen LogP contribution is -2.32. The normalized spacial score (nSPS) is 21.9. The Balaban J connectivity index is 0.000000166. The molecule has 6 N–H and O–H groups in total. The maximum Gasteiger partial charge on any atom is 0.340 e. The van der Waals surface area contributed by atoms with E-state index in [0.29, 0.717) is 36.1 Å². The highest BCUT2D eigenvalue weighted by Crippen LogP contribution is 2.37. The number of aromatic nitrogens is 6. The van der Waals surface area contributed by atoms with Crippen molar-refractivity contribution in [3.05, 3.63) is 118 Å². The zero-order chi connectivity index (χ0) is 46.7. The van der Waals surface area contributed by atoms with Gasteiger partial charge >= 0.3 is 11.9 Å². The Labute approximate surface area is 386 Å². The van der Waals surface area contributed by atoms with E-state index >= 15 is 0 Å². The average Bonchev–Trinajstić information content (AvgIpc) is 4.26. The average molecular weight is 891 g/mol. The maximum absolute atomic E-state index is 12.2. The van der Waals surface area contributed by atoms with E-state index < -0.39 is 11.1 Å². The van der Waals surface area contributed by atoms with Gasteiger partial charge in [0.2, 0.25) is 0 Å². The molecule has 14 heteroatoms. The molecule has 2 fully saturated rings. The van der Waals surface area contributed by atoms with Crippen molar-refractivity contribution in [3.63, 3.8) is 0 Å². The molecule has 10 rings (SSSR count). The molecule has 14 nitrogen and oxygen atoms in total. The Morgan fingerprint density at radius 3 is 1.33 bits per heavy atom. The Morgan fingerprint density at radius 2 is 0.970 bits per heavy atom. The lowest BCUT2D eigenvalue weighted by Gasteiger charge is -2.27. The summed E-state index contributed by atoms with van der Waals surface area (Å²) in [4.78, 5) is 53.0.